The second-order valence-electron chi connectivity index (χ2n) is 5.79. The van der Waals surface area contributed by atoms with Crippen LogP contribution in [0, 0.1) is 11.6 Å². The lowest BCUT2D eigenvalue weighted by Gasteiger charge is -2.14. The van der Waals surface area contributed by atoms with E-state index in [4.69, 9.17) is 9.15 Å². The van der Waals surface area contributed by atoms with Crippen molar-refractivity contribution < 1.29 is 27.5 Å². The van der Waals surface area contributed by atoms with Gasteiger partial charge >= 0.3 is 5.97 Å². The van der Waals surface area contributed by atoms with E-state index in [1.165, 1.54) is 13.0 Å². The van der Waals surface area contributed by atoms with Crippen molar-refractivity contribution in [2.45, 2.75) is 25.9 Å². The van der Waals surface area contributed by atoms with Gasteiger partial charge in [-0.05, 0) is 31.2 Å². The van der Waals surface area contributed by atoms with Crippen molar-refractivity contribution in [1.29, 1.82) is 0 Å². The number of anilines is 1. The molecule has 1 aromatic heterocycles. The summed E-state index contributed by atoms with van der Waals surface area (Å²) < 4.78 is 37.6. The number of fused-ring (bicyclic) bond motifs is 1. The first-order valence-corrected chi connectivity index (χ1v) is 8.23. The molecule has 0 radical (unpaired) electrons. The molecule has 6 nitrogen and oxygen atoms in total. The van der Waals surface area contributed by atoms with Crippen LogP contribution in [0.15, 0.2) is 46.9 Å². The van der Waals surface area contributed by atoms with E-state index in [9.17, 15) is 18.4 Å². The highest BCUT2D eigenvalue weighted by atomic mass is 19.1. The first-order chi connectivity index (χ1) is 12.9. The Hall–Kier alpha value is -3.29. The van der Waals surface area contributed by atoms with Gasteiger partial charge in [-0.15, -0.1) is 0 Å². The fourth-order valence-electron chi connectivity index (χ4n) is 2.39. The molecule has 1 amide bonds. The van der Waals surface area contributed by atoms with Crippen molar-refractivity contribution in [2.24, 2.45) is 0 Å². The molecule has 2 aromatic carbocycles. The van der Waals surface area contributed by atoms with Gasteiger partial charge in [0.05, 0.1) is 6.42 Å². The molecule has 0 aliphatic carbocycles. The predicted molar refractivity (Wildman–Crippen MR) is 92.9 cm³/mol. The highest BCUT2D eigenvalue weighted by Crippen LogP contribution is 2.19. The lowest BCUT2D eigenvalue weighted by atomic mass is 10.2. The summed E-state index contributed by atoms with van der Waals surface area (Å²) in [7, 11) is 0. The fraction of sp³-hybridized carbons (Fsp3) is 0.211. The van der Waals surface area contributed by atoms with Crippen LogP contribution in [0.25, 0.3) is 11.1 Å². The normalized spacial score (nSPS) is 12.0. The molecule has 0 aliphatic heterocycles. The van der Waals surface area contributed by atoms with Crippen LogP contribution in [0.5, 0.6) is 0 Å². The average molecular weight is 374 g/mol. The summed E-state index contributed by atoms with van der Waals surface area (Å²) in [5, 5.41) is 2.08. The zero-order valence-electron chi connectivity index (χ0n) is 14.4. The van der Waals surface area contributed by atoms with Crippen molar-refractivity contribution in [1.82, 2.24) is 4.98 Å². The monoisotopic (exact) mass is 374 g/mol. The van der Waals surface area contributed by atoms with Crippen molar-refractivity contribution in [2.75, 3.05) is 5.32 Å². The van der Waals surface area contributed by atoms with Gasteiger partial charge in [-0.25, -0.2) is 13.8 Å². The summed E-state index contributed by atoms with van der Waals surface area (Å²) in [5.74, 6) is -2.96. The Morgan fingerprint density at radius 3 is 2.56 bits per heavy atom. The Morgan fingerprint density at radius 2 is 1.85 bits per heavy atom. The molecular formula is C19H16F2N2O4. The molecule has 0 saturated carbocycles. The summed E-state index contributed by atoms with van der Waals surface area (Å²) in [6.45, 7) is 1.31. The largest absolute Gasteiger partial charge is 0.453 e. The number of nitrogens with zero attached hydrogens (tertiary/aromatic N) is 1. The molecule has 0 saturated heterocycles. The molecule has 0 unspecified atom stereocenters. The van der Waals surface area contributed by atoms with Crippen LogP contribution in [0.3, 0.4) is 0 Å². The first-order valence-electron chi connectivity index (χ1n) is 8.23. The molecule has 1 N–H and O–H groups in total. The molecule has 1 heterocycles. The number of benzene rings is 2. The lowest BCUT2D eigenvalue weighted by molar-refractivity contribution is -0.153. The number of oxazole rings is 1. The molecule has 0 aliphatic rings. The Balaban J connectivity index is 1.53. The van der Waals surface area contributed by atoms with Gasteiger partial charge in [-0.1, -0.05) is 18.2 Å². The Kier molecular flexibility index (Phi) is 5.44. The van der Waals surface area contributed by atoms with Gasteiger partial charge in [0.1, 0.15) is 22.8 Å². The van der Waals surface area contributed by atoms with Crippen LogP contribution in [0.1, 0.15) is 19.2 Å². The van der Waals surface area contributed by atoms with E-state index >= 15 is 0 Å². The van der Waals surface area contributed by atoms with Crippen molar-refractivity contribution in [3.8, 4) is 0 Å². The third-order valence-electron chi connectivity index (χ3n) is 3.77. The third kappa shape index (κ3) is 4.46. The standard InChI is InChI=1S/C19H16F2N2O4/c1-11(19(25)23-18-12(20)5-4-6-13(18)21)26-17(24)10-9-16-22-14-7-2-3-8-15(14)27-16/h2-8,11H,9-10H2,1H3,(H,23,25)/t11-/m0/s1. The quantitative estimate of drug-likeness (QED) is 0.667. The maximum atomic E-state index is 13.6. The third-order valence-corrected chi connectivity index (χ3v) is 3.77. The zero-order valence-corrected chi connectivity index (χ0v) is 14.4. The van der Waals surface area contributed by atoms with Crippen molar-refractivity contribution in [3.63, 3.8) is 0 Å². The smallest absolute Gasteiger partial charge is 0.307 e. The molecule has 3 rings (SSSR count). The molecular weight excluding hydrogens is 358 g/mol. The number of hydrogen-bond acceptors (Lipinski definition) is 5. The van der Waals surface area contributed by atoms with Gasteiger partial charge in [-0.3, -0.25) is 9.59 Å². The Labute approximate surface area is 153 Å². The Bertz CT molecular complexity index is 934. The SMILES string of the molecule is C[C@H](OC(=O)CCc1nc2ccccc2o1)C(=O)Nc1c(F)cccc1F. The molecule has 140 valence electrons. The highest BCUT2D eigenvalue weighted by Gasteiger charge is 2.21. The zero-order chi connectivity index (χ0) is 19.4. The van der Waals surface area contributed by atoms with Crippen LogP contribution in [0.4, 0.5) is 14.5 Å². The number of rotatable bonds is 6. The van der Waals surface area contributed by atoms with Crippen molar-refractivity contribution in [3.05, 3.63) is 60.0 Å². The lowest BCUT2D eigenvalue weighted by Crippen LogP contribution is -2.30. The first kappa shape index (κ1) is 18.5. The summed E-state index contributed by atoms with van der Waals surface area (Å²) >= 11 is 0. The number of para-hydroxylation sites is 3. The molecule has 3 aromatic rings. The Morgan fingerprint density at radius 1 is 1.15 bits per heavy atom. The molecule has 0 bridgehead atoms. The molecule has 0 fully saturated rings. The van der Waals surface area contributed by atoms with E-state index in [2.05, 4.69) is 10.3 Å². The van der Waals surface area contributed by atoms with Gasteiger partial charge in [0.25, 0.3) is 5.91 Å². The van der Waals surface area contributed by atoms with E-state index in [-0.39, 0.29) is 12.8 Å². The number of carbonyl (C=O) groups excluding carboxylic acids is 2. The van der Waals surface area contributed by atoms with Gasteiger partial charge in [0, 0.05) is 6.42 Å². The predicted octanol–water partition coefficient (Wildman–Crippen LogP) is 3.61. The van der Waals surface area contributed by atoms with Crippen LogP contribution >= 0.6 is 0 Å². The maximum absolute atomic E-state index is 13.6. The molecule has 27 heavy (non-hydrogen) atoms. The van der Waals surface area contributed by atoms with Crippen molar-refractivity contribution >= 4 is 28.7 Å². The number of aromatic nitrogens is 1. The number of amides is 1. The van der Waals surface area contributed by atoms with Crippen LogP contribution in [0.2, 0.25) is 0 Å². The van der Waals surface area contributed by atoms with E-state index in [1.54, 1.807) is 12.1 Å². The van der Waals surface area contributed by atoms with Crippen LogP contribution in [-0.4, -0.2) is 23.0 Å². The summed E-state index contributed by atoms with van der Waals surface area (Å²) in [6, 6.07) is 10.4. The maximum Gasteiger partial charge on any atom is 0.307 e. The van der Waals surface area contributed by atoms with E-state index in [0.717, 1.165) is 12.1 Å². The molecule has 8 heteroatoms. The minimum absolute atomic E-state index is 0.0570. The summed E-state index contributed by atoms with van der Waals surface area (Å²) in [4.78, 5) is 28.1. The number of hydrogen-bond donors (Lipinski definition) is 1. The van der Waals surface area contributed by atoms with Crippen LogP contribution < -0.4 is 5.32 Å². The molecule has 0 spiro atoms. The number of carbonyl (C=O) groups is 2. The second-order valence-corrected chi connectivity index (χ2v) is 5.79. The average Bonchev–Trinajstić information content (AvgIpc) is 3.06. The fourth-order valence-corrected chi connectivity index (χ4v) is 2.39. The van der Waals surface area contributed by atoms with Gasteiger partial charge in [-0.2, -0.15) is 0 Å². The topological polar surface area (TPSA) is 81.4 Å². The highest BCUT2D eigenvalue weighted by molar-refractivity contribution is 5.95. The van der Waals surface area contributed by atoms with Gasteiger partial charge in [0.2, 0.25) is 0 Å². The number of aryl methyl sites for hydroxylation is 1. The molecule has 1 atom stereocenters. The minimum Gasteiger partial charge on any atom is -0.453 e. The minimum atomic E-state index is -1.22. The number of nitrogens with one attached hydrogen (secondary N) is 1. The number of halogens is 2. The van der Waals surface area contributed by atoms with Gasteiger partial charge in [0.15, 0.2) is 17.6 Å². The van der Waals surface area contributed by atoms with E-state index in [0.29, 0.717) is 17.0 Å². The van der Waals surface area contributed by atoms with Gasteiger partial charge < -0.3 is 14.5 Å². The van der Waals surface area contributed by atoms with Crippen LogP contribution in [-0.2, 0) is 20.7 Å². The van der Waals surface area contributed by atoms with E-state index < -0.39 is 35.3 Å². The number of ether oxygens (including phenoxy) is 1. The summed E-state index contributed by atoms with van der Waals surface area (Å²) in [5.41, 5.74) is 0.706. The number of esters is 1. The summed E-state index contributed by atoms with van der Waals surface area (Å²) in [6.07, 6.45) is -1.08. The van der Waals surface area contributed by atoms with E-state index in [1.807, 2.05) is 12.1 Å². The second kappa shape index (κ2) is 7.94.